The fourth-order valence-electron chi connectivity index (χ4n) is 2.21. The van der Waals surface area contributed by atoms with Gasteiger partial charge >= 0.3 is 0 Å². The molecule has 0 aliphatic heterocycles. The Bertz CT molecular complexity index is 648. The first kappa shape index (κ1) is 12.2. The Morgan fingerprint density at radius 1 is 1.37 bits per heavy atom. The maximum atomic E-state index is 11.8. The Morgan fingerprint density at radius 2 is 2.21 bits per heavy atom. The first-order chi connectivity index (χ1) is 9.19. The molecule has 0 radical (unpaired) electrons. The van der Waals surface area contributed by atoms with Crippen LogP contribution in [0.1, 0.15) is 28.2 Å². The van der Waals surface area contributed by atoms with Crippen molar-refractivity contribution >= 4 is 17.1 Å². The molecule has 0 bridgehead atoms. The van der Waals surface area contributed by atoms with E-state index in [4.69, 9.17) is 4.74 Å². The van der Waals surface area contributed by atoms with Gasteiger partial charge in [0.1, 0.15) is 10.7 Å². The van der Waals surface area contributed by atoms with Crippen molar-refractivity contribution in [3.05, 3.63) is 28.8 Å². The van der Waals surface area contributed by atoms with Gasteiger partial charge in [0.15, 0.2) is 17.3 Å². The van der Waals surface area contributed by atoms with Crippen LogP contribution in [0.5, 0.6) is 11.5 Å². The Hall–Kier alpha value is -1.88. The lowest BCUT2D eigenvalue weighted by Crippen LogP contribution is -2.08. The Kier molecular flexibility index (Phi) is 2.98. The van der Waals surface area contributed by atoms with Crippen molar-refractivity contribution in [1.82, 2.24) is 4.98 Å². The summed E-state index contributed by atoms with van der Waals surface area (Å²) in [6.07, 6.45) is 2.41. The fourth-order valence-corrected chi connectivity index (χ4v) is 3.33. The van der Waals surface area contributed by atoms with Crippen LogP contribution in [0.3, 0.4) is 0 Å². The van der Waals surface area contributed by atoms with Crippen LogP contribution in [0.4, 0.5) is 0 Å². The van der Waals surface area contributed by atoms with Gasteiger partial charge in [-0.25, -0.2) is 4.98 Å². The topological polar surface area (TPSA) is 59.4 Å². The molecule has 2 aromatic rings. The van der Waals surface area contributed by atoms with E-state index in [0.29, 0.717) is 17.9 Å². The first-order valence-electron chi connectivity index (χ1n) is 6.09. The van der Waals surface area contributed by atoms with Crippen LogP contribution in [0.15, 0.2) is 18.2 Å². The molecule has 1 heterocycles. The maximum absolute atomic E-state index is 11.8. The molecule has 0 unspecified atom stereocenters. The molecule has 0 fully saturated rings. The number of methoxy groups -OCH3 is 1. The number of rotatable bonds is 2. The zero-order valence-electron chi connectivity index (χ0n) is 10.5. The number of hydrogen-bond acceptors (Lipinski definition) is 5. The number of carbonyl (C=O) groups is 1. The molecule has 0 saturated heterocycles. The van der Waals surface area contributed by atoms with Crippen LogP contribution in [-0.4, -0.2) is 23.0 Å². The van der Waals surface area contributed by atoms with Crippen LogP contribution >= 0.6 is 11.3 Å². The molecule has 1 aromatic carbocycles. The monoisotopic (exact) mass is 275 g/mol. The number of aromatic hydroxyl groups is 1. The number of carbonyl (C=O) groups excluding carboxylic acids is 1. The summed E-state index contributed by atoms with van der Waals surface area (Å²) in [5.41, 5.74) is 1.42. The number of aromatic nitrogens is 1. The van der Waals surface area contributed by atoms with E-state index in [1.165, 1.54) is 18.4 Å². The number of benzene rings is 1. The molecule has 0 spiro atoms. The summed E-state index contributed by atoms with van der Waals surface area (Å²) in [7, 11) is 1.51. The Balaban J connectivity index is 2.03. The minimum atomic E-state index is 0.0829. The fraction of sp³-hybridized carbons (Fsp3) is 0.286. The smallest absolute Gasteiger partial charge is 0.182 e. The number of hydrogen-bond donors (Lipinski definition) is 1. The van der Waals surface area contributed by atoms with E-state index in [1.807, 2.05) is 6.07 Å². The van der Waals surface area contributed by atoms with Crippen LogP contribution in [0.25, 0.3) is 10.6 Å². The second kappa shape index (κ2) is 4.66. The number of fused-ring (bicyclic) bond motifs is 1. The van der Waals surface area contributed by atoms with Crippen molar-refractivity contribution in [1.29, 1.82) is 0 Å². The summed E-state index contributed by atoms with van der Waals surface area (Å²) in [6.45, 7) is 0. The number of aryl methyl sites for hydroxylation is 1. The third-order valence-corrected chi connectivity index (χ3v) is 4.36. The van der Waals surface area contributed by atoms with Gasteiger partial charge in [0.25, 0.3) is 0 Å². The normalized spacial score (nSPS) is 14.3. The van der Waals surface area contributed by atoms with Gasteiger partial charge in [0.05, 0.1) is 7.11 Å². The standard InChI is InChI=1S/C14H13NO3S/c1-18-11-6-5-8(7-10(11)17)14-15-13-9(16)3-2-4-12(13)19-14/h5-7,17H,2-4H2,1H3. The number of thiazole rings is 1. The SMILES string of the molecule is COc1ccc(-c2nc3c(s2)CCCC3=O)cc1O. The van der Waals surface area contributed by atoms with E-state index < -0.39 is 0 Å². The molecule has 1 N–H and O–H groups in total. The second-order valence-electron chi connectivity index (χ2n) is 4.45. The Labute approximate surface area is 114 Å². The third kappa shape index (κ3) is 2.10. The van der Waals surface area contributed by atoms with Crippen molar-refractivity contribution in [2.75, 3.05) is 7.11 Å². The predicted octanol–water partition coefficient (Wildman–Crippen LogP) is 3.04. The van der Waals surface area contributed by atoms with Crippen molar-refractivity contribution in [3.8, 4) is 22.1 Å². The van der Waals surface area contributed by atoms with Crippen molar-refractivity contribution in [3.63, 3.8) is 0 Å². The number of phenolic OH excluding ortho intramolecular Hbond substituents is 1. The van der Waals surface area contributed by atoms with Crippen molar-refractivity contribution < 1.29 is 14.6 Å². The van der Waals surface area contributed by atoms with Gasteiger partial charge in [-0.3, -0.25) is 4.79 Å². The van der Waals surface area contributed by atoms with Crippen molar-refractivity contribution in [2.24, 2.45) is 0 Å². The molecular formula is C14H13NO3S. The third-order valence-electron chi connectivity index (χ3n) is 3.19. The largest absolute Gasteiger partial charge is 0.504 e. The number of ketones is 1. The van der Waals surface area contributed by atoms with E-state index >= 15 is 0 Å². The van der Waals surface area contributed by atoms with Gasteiger partial charge in [-0.1, -0.05) is 0 Å². The van der Waals surface area contributed by atoms with E-state index in [1.54, 1.807) is 12.1 Å². The van der Waals surface area contributed by atoms with Gasteiger partial charge < -0.3 is 9.84 Å². The van der Waals surface area contributed by atoms with Crippen LogP contribution in [-0.2, 0) is 6.42 Å². The minimum absolute atomic E-state index is 0.0829. The number of nitrogens with zero attached hydrogens (tertiary/aromatic N) is 1. The summed E-state index contributed by atoms with van der Waals surface area (Å²) in [4.78, 5) is 17.2. The number of Topliss-reactive ketones (excluding diaryl/α,β-unsaturated/α-hetero) is 1. The number of phenols is 1. The highest BCUT2D eigenvalue weighted by atomic mass is 32.1. The first-order valence-corrected chi connectivity index (χ1v) is 6.91. The van der Waals surface area contributed by atoms with Crippen molar-refractivity contribution in [2.45, 2.75) is 19.3 Å². The van der Waals surface area contributed by atoms with Crippen LogP contribution < -0.4 is 4.74 Å². The van der Waals surface area contributed by atoms with Gasteiger partial charge in [0, 0.05) is 16.9 Å². The van der Waals surface area contributed by atoms with Gasteiger partial charge in [-0.15, -0.1) is 11.3 Å². The average Bonchev–Trinajstić information content (AvgIpc) is 2.84. The van der Waals surface area contributed by atoms with Gasteiger partial charge in [-0.2, -0.15) is 0 Å². The highest BCUT2D eigenvalue weighted by Gasteiger charge is 2.22. The lowest BCUT2D eigenvalue weighted by atomic mass is 10.0. The average molecular weight is 275 g/mol. The molecule has 5 heteroatoms. The number of ether oxygens (including phenoxy) is 1. The molecule has 3 rings (SSSR count). The molecule has 0 atom stereocenters. The molecule has 0 saturated carbocycles. The lowest BCUT2D eigenvalue weighted by molar-refractivity contribution is 0.0968. The maximum Gasteiger partial charge on any atom is 0.182 e. The quantitative estimate of drug-likeness (QED) is 0.915. The van der Waals surface area contributed by atoms with Gasteiger partial charge in [0.2, 0.25) is 0 Å². The van der Waals surface area contributed by atoms with Crippen LogP contribution in [0, 0.1) is 0 Å². The van der Waals surface area contributed by atoms with Crippen LogP contribution in [0.2, 0.25) is 0 Å². The summed E-state index contributed by atoms with van der Waals surface area (Å²) >= 11 is 1.53. The Morgan fingerprint density at radius 3 is 2.89 bits per heavy atom. The zero-order chi connectivity index (χ0) is 13.4. The summed E-state index contributed by atoms with van der Waals surface area (Å²) in [6, 6.07) is 5.16. The van der Waals surface area contributed by atoms with E-state index in [9.17, 15) is 9.90 Å². The molecule has 1 aliphatic carbocycles. The molecule has 0 amide bonds. The van der Waals surface area contributed by atoms with E-state index in [0.717, 1.165) is 28.3 Å². The summed E-state index contributed by atoms with van der Waals surface area (Å²) < 4.78 is 5.01. The summed E-state index contributed by atoms with van der Waals surface area (Å²) in [5.74, 6) is 0.641. The highest BCUT2D eigenvalue weighted by molar-refractivity contribution is 7.15. The zero-order valence-corrected chi connectivity index (χ0v) is 11.3. The van der Waals surface area contributed by atoms with Gasteiger partial charge in [-0.05, 0) is 31.0 Å². The molecule has 1 aromatic heterocycles. The lowest BCUT2D eigenvalue weighted by Gasteiger charge is -2.06. The molecule has 4 nitrogen and oxygen atoms in total. The highest BCUT2D eigenvalue weighted by Crippen LogP contribution is 2.36. The molecule has 1 aliphatic rings. The summed E-state index contributed by atoms with van der Waals surface area (Å²) in [5, 5.41) is 10.6. The van der Waals surface area contributed by atoms with E-state index in [-0.39, 0.29) is 11.5 Å². The van der Waals surface area contributed by atoms with E-state index in [2.05, 4.69) is 4.98 Å². The molecule has 19 heavy (non-hydrogen) atoms. The predicted molar refractivity (Wildman–Crippen MR) is 73.0 cm³/mol. The minimum Gasteiger partial charge on any atom is -0.504 e. The molecular weight excluding hydrogens is 262 g/mol. The molecule has 98 valence electrons. The second-order valence-corrected chi connectivity index (χ2v) is 5.54.